The molecule has 1 aliphatic carbocycles. The summed E-state index contributed by atoms with van der Waals surface area (Å²) in [6, 6.07) is 4.87. The number of allylic oxidation sites excluding steroid dienone is 2. The van der Waals surface area contributed by atoms with E-state index in [4.69, 9.17) is 0 Å². The Bertz CT molecular complexity index is 601. The lowest BCUT2D eigenvalue weighted by atomic mass is 9.70. The van der Waals surface area contributed by atoms with Crippen LogP contribution in [0.15, 0.2) is 30.4 Å². The van der Waals surface area contributed by atoms with Crippen LogP contribution in [0.4, 0.5) is 18.9 Å². The van der Waals surface area contributed by atoms with Gasteiger partial charge in [-0.2, -0.15) is 0 Å². The van der Waals surface area contributed by atoms with Crippen molar-refractivity contribution in [1.29, 1.82) is 0 Å². The lowest BCUT2D eigenvalue weighted by molar-refractivity contribution is -0.274. The maximum Gasteiger partial charge on any atom is 0.573 e. The van der Waals surface area contributed by atoms with E-state index in [1.54, 1.807) is 6.07 Å². The Balaban J connectivity index is 1.97. The molecule has 3 unspecified atom stereocenters. The molecule has 120 valence electrons. The summed E-state index contributed by atoms with van der Waals surface area (Å²) in [6.45, 7) is 6.56. The molecule has 2 nitrogen and oxygen atoms in total. The van der Waals surface area contributed by atoms with E-state index in [-0.39, 0.29) is 23.1 Å². The summed E-state index contributed by atoms with van der Waals surface area (Å²) in [5, 5.41) is 3.52. The Morgan fingerprint density at radius 1 is 1.18 bits per heavy atom. The Morgan fingerprint density at radius 3 is 2.55 bits per heavy atom. The molecule has 1 N–H and O–H groups in total. The highest BCUT2D eigenvalue weighted by Gasteiger charge is 2.42. The third kappa shape index (κ3) is 2.81. The molecule has 0 saturated heterocycles. The third-order valence-electron chi connectivity index (χ3n) is 4.50. The first kappa shape index (κ1) is 15.3. The predicted molar refractivity (Wildman–Crippen MR) is 80.0 cm³/mol. The van der Waals surface area contributed by atoms with Crippen LogP contribution in [0.25, 0.3) is 0 Å². The van der Waals surface area contributed by atoms with Gasteiger partial charge in [0.2, 0.25) is 0 Å². The highest BCUT2D eigenvalue weighted by atomic mass is 19.4. The van der Waals surface area contributed by atoms with Crippen LogP contribution in [0.3, 0.4) is 0 Å². The highest BCUT2D eigenvalue weighted by Crippen LogP contribution is 2.49. The maximum atomic E-state index is 12.4. The zero-order valence-corrected chi connectivity index (χ0v) is 12.9. The first-order valence-corrected chi connectivity index (χ1v) is 7.48. The van der Waals surface area contributed by atoms with Crippen molar-refractivity contribution < 1.29 is 17.9 Å². The molecule has 0 aromatic heterocycles. The van der Waals surface area contributed by atoms with Crippen molar-refractivity contribution in [3.63, 3.8) is 0 Å². The summed E-state index contributed by atoms with van der Waals surface area (Å²) in [5.41, 5.74) is 1.87. The Morgan fingerprint density at radius 2 is 1.91 bits per heavy atom. The number of anilines is 1. The average Bonchev–Trinajstić information content (AvgIpc) is 2.83. The molecule has 0 bridgehead atoms. The SMILES string of the molecule is CC(C)(C)C1Nc2ccc(OC(F)(F)F)cc2C2C=CCC21. The molecule has 1 aliphatic heterocycles. The molecule has 5 heteroatoms. The van der Waals surface area contributed by atoms with Gasteiger partial charge >= 0.3 is 6.36 Å². The first-order valence-electron chi connectivity index (χ1n) is 7.48. The quantitative estimate of drug-likeness (QED) is 0.730. The third-order valence-corrected chi connectivity index (χ3v) is 4.50. The van der Waals surface area contributed by atoms with E-state index in [0.29, 0.717) is 5.92 Å². The molecule has 2 aliphatic rings. The van der Waals surface area contributed by atoms with Crippen LogP contribution in [0.2, 0.25) is 0 Å². The van der Waals surface area contributed by atoms with Crippen molar-refractivity contribution in [2.24, 2.45) is 11.3 Å². The van der Waals surface area contributed by atoms with Crippen LogP contribution >= 0.6 is 0 Å². The minimum absolute atomic E-state index is 0.0772. The molecule has 0 spiro atoms. The van der Waals surface area contributed by atoms with Crippen molar-refractivity contribution in [3.8, 4) is 5.75 Å². The molecule has 22 heavy (non-hydrogen) atoms. The van der Waals surface area contributed by atoms with Crippen LogP contribution in [-0.4, -0.2) is 12.4 Å². The van der Waals surface area contributed by atoms with Gasteiger partial charge in [0.15, 0.2) is 0 Å². The summed E-state index contributed by atoms with van der Waals surface area (Å²) in [5.74, 6) is 0.368. The second-order valence-corrected chi connectivity index (χ2v) is 7.14. The largest absolute Gasteiger partial charge is 0.573 e. The molecule has 1 heterocycles. The average molecular weight is 311 g/mol. The van der Waals surface area contributed by atoms with Gasteiger partial charge in [-0.3, -0.25) is 0 Å². The molecule has 0 radical (unpaired) electrons. The van der Waals surface area contributed by atoms with Gasteiger partial charge in [-0.1, -0.05) is 32.9 Å². The Hall–Kier alpha value is -1.65. The van der Waals surface area contributed by atoms with Gasteiger partial charge in [-0.05, 0) is 41.5 Å². The normalized spacial score (nSPS) is 27.1. The summed E-state index contributed by atoms with van der Waals surface area (Å²) >= 11 is 0. The minimum Gasteiger partial charge on any atom is -0.406 e. The zero-order valence-electron chi connectivity index (χ0n) is 12.9. The first-order chi connectivity index (χ1) is 10.1. The van der Waals surface area contributed by atoms with Crippen molar-refractivity contribution >= 4 is 5.69 Å². The maximum absolute atomic E-state index is 12.4. The van der Waals surface area contributed by atoms with Gasteiger partial charge in [-0.25, -0.2) is 0 Å². The van der Waals surface area contributed by atoms with E-state index < -0.39 is 6.36 Å². The summed E-state index contributed by atoms with van der Waals surface area (Å²) in [6.07, 6.45) is 0.529. The van der Waals surface area contributed by atoms with E-state index in [2.05, 4.69) is 43.0 Å². The number of alkyl halides is 3. The second-order valence-electron chi connectivity index (χ2n) is 7.14. The van der Waals surface area contributed by atoms with Gasteiger partial charge in [0.05, 0.1) is 0 Å². The van der Waals surface area contributed by atoms with Gasteiger partial charge in [0, 0.05) is 17.6 Å². The fourth-order valence-electron chi connectivity index (χ4n) is 3.63. The molecule has 0 fully saturated rings. The van der Waals surface area contributed by atoms with Gasteiger partial charge < -0.3 is 10.1 Å². The number of hydrogen-bond acceptors (Lipinski definition) is 2. The highest BCUT2D eigenvalue weighted by molar-refractivity contribution is 5.61. The Labute approximate surface area is 128 Å². The van der Waals surface area contributed by atoms with E-state index in [0.717, 1.165) is 17.7 Å². The second kappa shape index (κ2) is 4.93. The minimum atomic E-state index is -4.66. The lowest BCUT2D eigenvalue weighted by Gasteiger charge is -2.44. The van der Waals surface area contributed by atoms with Crippen LogP contribution < -0.4 is 10.1 Å². The summed E-state index contributed by atoms with van der Waals surface area (Å²) < 4.78 is 41.3. The van der Waals surface area contributed by atoms with E-state index in [1.165, 1.54) is 12.1 Å². The molecule has 3 atom stereocenters. The number of nitrogens with one attached hydrogen (secondary N) is 1. The van der Waals surface area contributed by atoms with E-state index >= 15 is 0 Å². The van der Waals surface area contributed by atoms with Crippen molar-refractivity contribution in [2.45, 2.75) is 45.5 Å². The van der Waals surface area contributed by atoms with Crippen LogP contribution in [-0.2, 0) is 0 Å². The van der Waals surface area contributed by atoms with Gasteiger partial charge in [-0.15, -0.1) is 13.2 Å². The molecule has 0 amide bonds. The number of fused-ring (bicyclic) bond motifs is 3. The predicted octanol–water partition coefficient (Wildman–Crippen LogP) is 5.09. The monoisotopic (exact) mass is 311 g/mol. The lowest BCUT2D eigenvalue weighted by Crippen LogP contribution is -2.44. The zero-order chi connectivity index (χ0) is 16.1. The molecular formula is C17H20F3NO. The van der Waals surface area contributed by atoms with Crippen LogP contribution in [0.1, 0.15) is 38.7 Å². The fraction of sp³-hybridized carbons (Fsp3) is 0.529. The van der Waals surface area contributed by atoms with E-state index in [9.17, 15) is 13.2 Å². The van der Waals surface area contributed by atoms with Crippen LogP contribution in [0.5, 0.6) is 5.75 Å². The van der Waals surface area contributed by atoms with Gasteiger partial charge in [0.1, 0.15) is 5.75 Å². The van der Waals surface area contributed by atoms with Crippen LogP contribution in [0, 0.1) is 11.3 Å². The number of hydrogen-bond donors (Lipinski definition) is 1. The number of benzene rings is 1. The standard InChI is InChI=1S/C17H20F3NO/c1-16(2,3)15-12-6-4-5-11(12)13-9-10(22-17(18,19)20)7-8-14(13)21-15/h4-5,7-9,11-12,15,21H,6H2,1-3H3. The molecular weight excluding hydrogens is 291 g/mol. The fourth-order valence-corrected chi connectivity index (χ4v) is 3.63. The van der Waals surface area contributed by atoms with Crippen molar-refractivity contribution in [1.82, 2.24) is 0 Å². The summed E-state index contributed by atoms with van der Waals surface area (Å²) in [4.78, 5) is 0. The Kier molecular flexibility index (Phi) is 3.42. The molecule has 1 aromatic carbocycles. The topological polar surface area (TPSA) is 21.3 Å². The molecule has 1 aromatic rings. The number of halogens is 3. The smallest absolute Gasteiger partial charge is 0.406 e. The van der Waals surface area contributed by atoms with Crippen molar-refractivity contribution in [3.05, 3.63) is 35.9 Å². The molecule has 0 saturated carbocycles. The van der Waals surface area contributed by atoms with E-state index in [1.807, 2.05) is 0 Å². The summed E-state index contributed by atoms with van der Waals surface area (Å²) in [7, 11) is 0. The number of rotatable bonds is 1. The number of ether oxygens (including phenoxy) is 1. The van der Waals surface area contributed by atoms with Gasteiger partial charge in [0.25, 0.3) is 0 Å². The molecule has 3 rings (SSSR count). The van der Waals surface area contributed by atoms with Crippen molar-refractivity contribution in [2.75, 3.05) is 5.32 Å².